The van der Waals surface area contributed by atoms with Gasteiger partial charge in [0.25, 0.3) is 0 Å². The van der Waals surface area contributed by atoms with E-state index in [-0.39, 0.29) is 10.5 Å². The van der Waals surface area contributed by atoms with E-state index >= 15 is 0 Å². The Balaban J connectivity index is 2.37. The van der Waals surface area contributed by atoms with Crippen molar-refractivity contribution >= 4 is 40.5 Å². The third-order valence-electron chi connectivity index (χ3n) is 1.67. The van der Waals surface area contributed by atoms with Crippen molar-refractivity contribution < 1.29 is 4.79 Å². The van der Waals surface area contributed by atoms with E-state index in [2.05, 4.69) is 20.8 Å². The van der Waals surface area contributed by atoms with E-state index in [1.807, 2.05) is 12.1 Å². The van der Waals surface area contributed by atoms with Crippen molar-refractivity contribution in [3.8, 4) is 0 Å². The lowest BCUT2D eigenvalue weighted by Crippen LogP contribution is -2.13. The molecule has 4 heteroatoms. The van der Waals surface area contributed by atoms with Crippen LogP contribution in [0.4, 0.5) is 0 Å². The van der Waals surface area contributed by atoms with E-state index in [1.54, 1.807) is 11.8 Å². The van der Waals surface area contributed by atoms with Gasteiger partial charge in [-0.3, -0.25) is 4.79 Å². The Kier molecular flexibility index (Phi) is 4.68. The molecule has 84 valence electrons. The van der Waals surface area contributed by atoms with Crippen molar-refractivity contribution in [1.29, 1.82) is 0 Å². The molecule has 15 heavy (non-hydrogen) atoms. The number of thioether (sulfide) groups is 1. The van der Waals surface area contributed by atoms with Gasteiger partial charge >= 0.3 is 0 Å². The molecule has 1 heterocycles. The molecule has 0 spiro atoms. The van der Waals surface area contributed by atoms with E-state index in [1.165, 1.54) is 11.3 Å². The maximum Gasteiger partial charge on any atom is 0.147 e. The lowest BCUT2D eigenvalue weighted by molar-refractivity contribution is -0.115. The van der Waals surface area contributed by atoms with Gasteiger partial charge in [-0.2, -0.15) is 0 Å². The van der Waals surface area contributed by atoms with Gasteiger partial charge in [-0.15, -0.1) is 23.1 Å². The van der Waals surface area contributed by atoms with Crippen LogP contribution < -0.4 is 0 Å². The minimum Gasteiger partial charge on any atom is -0.298 e. The lowest BCUT2D eigenvalue weighted by atomic mass is 10.2. The van der Waals surface area contributed by atoms with Crippen LogP contribution in [0.2, 0.25) is 4.34 Å². The number of carbonyl (C=O) groups is 1. The van der Waals surface area contributed by atoms with Gasteiger partial charge in [0, 0.05) is 16.0 Å². The van der Waals surface area contributed by atoms with Crippen LogP contribution in [-0.2, 0) is 11.2 Å². The Morgan fingerprint density at radius 3 is 2.60 bits per heavy atom. The molecule has 0 N–H and O–H groups in total. The summed E-state index contributed by atoms with van der Waals surface area (Å²) in [5.41, 5.74) is 0. The average molecular weight is 263 g/mol. The zero-order valence-electron chi connectivity index (χ0n) is 9.17. The summed E-state index contributed by atoms with van der Waals surface area (Å²) in [5.74, 6) is 0.854. The molecule has 0 fully saturated rings. The van der Waals surface area contributed by atoms with Gasteiger partial charge in [0.1, 0.15) is 5.78 Å². The maximum absolute atomic E-state index is 11.6. The highest BCUT2D eigenvalue weighted by Gasteiger charge is 2.14. The van der Waals surface area contributed by atoms with Crippen molar-refractivity contribution in [2.75, 3.05) is 5.75 Å². The Bertz CT molecular complexity index is 339. The molecule has 0 amide bonds. The quantitative estimate of drug-likeness (QED) is 0.815. The van der Waals surface area contributed by atoms with Crippen LogP contribution in [0, 0.1) is 0 Å². The number of halogens is 1. The summed E-state index contributed by atoms with van der Waals surface area (Å²) in [6, 6.07) is 3.76. The summed E-state index contributed by atoms with van der Waals surface area (Å²) >= 11 is 8.97. The molecule has 0 radical (unpaired) electrons. The Morgan fingerprint density at radius 1 is 1.47 bits per heavy atom. The molecule has 1 aromatic heterocycles. The van der Waals surface area contributed by atoms with Crippen LogP contribution in [0.1, 0.15) is 25.6 Å². The topological polar surface area (TPSA) is 17.1 Å². The first-order valence-electron chi connectivity index (χ1n) is 4.77. The number of thiophene rings is 1. The van der Waals surface area contributed by atoms with Gasteiger partial charge in [0.2, 0.25) is 0 Å². The molecule has 1 rings (SSSR count). The third-order valence-corrected chi connectivity index (χ3v) is 4.23. The van der Waals surface area contributed by atoms with Gasteiger partial charge in [-0.05, 0) is 12.1 Å². The Morgan fingerprint density at radius 2 is 2.13 bits per heavy atom. The van der Waals surface area contributed by atoms with E-state index in [9.17, 15) is 4.79 Å². The summed E-state index contributed by atoms with van der Waals surface area (Å²) < 4.78 is 0.907. The van der Waals surface area contributed by atoms with Gasteiger partial charge in [0.15, 0.2) is 0 Å². The fraction of sp³-hybridized carbons (Fsp3) is 0.545. The van der Waals surface area contributed by atoms with Gasteiger partial charge in [-0.25, -0.2) is 0 Å². The summed E-state index contributed by atoms with van der Waals surface area (Å²) in [5, 5.41) is 0. The number of hydrogen-bond acceptors (Lipinski definition) is 3. The second-order valence-corrected chi connectivity index (χ2v) is 7.92. The highest BCUT2D eigenvalue weighted by atomic mass is 35.5. The largest absolute Gasteiger partial charge is 0.298 e. The van der Waals surface area contributed by atoms with E-state index in [0.29, 0.717) is 12.2 Å². The zero-order valence-corrected chi connectivity index (χ0v) is 11.6. The number of ketones is 1. The summed E-state index contributed by atoms with van der Waals surface area (Å²) in [4.78, 5) is 12.7. The Labute approximate surface area is 104 Å². The molecule has 0 aromatic carbocycles. The van der Waals surface area contributed by atoms with Crippen molar-refractivity contribution in [2.24, 2.45) is 0 Å². The van der Waals surface area contributed by atoms with Crippen LogP contribution in [-0.4, -0.2) is 16.3 Å². The first-order chi connectivity index (χ1) is 6.87. The molecule has 0 aliphatic heterocycles. The molecule has 0 bridgehead atoms. The molecular formula is C11H15ClOS2. The summed E-state index contributed by atoms with van der Waals surface area (Å²) in [6.45, 7) is 6.35. The number of carbonyl (C=O) groups excluding carboxylic acids is 1. The minimum atomic E-state index is 0.156. The first-order valence-corrected chi connectivity index (χ1v) is 6.95. The normalized spacial score (nSPS) is 11.7. The van der Waals surface area contributed by atoms with Crippen molar-refractivity contribution in [3.05, 3.63) is 21.3 Å². The predicted molar refractivity (Wildman–Crippen MR) is 70.3 cm³/mol. The monoisotopic (exact) mass is 262 g/mol. The van der Waals surface area contributed by atoms with Crippen LogP contribution in [0.5, 0.6) is 0 Å². The molecule has 1 aromatic rings. The van der Waals surface area contributed by atoms with Gasteiger partial charge in [-0.1, -0.05) is 32.4 Å². The number of rotatable bonds is 4. The molecule has 0 unspecified atom stereocenters. The number of hydrogen-bond donors (Lipinski definition) is 0. The van der Waals surface area contributed by atoms with E-state index in [0.717, 1.165) is 9.21 Å². The predicted octanol–water partition coefficient (Wildman–Crippen LogP) is 4.04. The van der Waals surface area contributed by atoms with Crippen LogP contribution in [0.3, 0.4) is 0 Å². The van der Waals surface area contributed by atoms with Gasteiger partial charge in [0.05, 0.1) is 10.1 Å². The summed E-state index contributed by atoms with van der Waals surface area (Å²) in [6.07, 6.45) is 0.514. The van der Waals surface area contributed by atoms with Crippen LogP contribution in [0.15, 0.2) is 12.1 Å². The molecule has 1 nitrogen and oxygen atoms in total. The SMILES string of the molecule is CC(C)(C)SCC(=O)Cc1ccc(Cl)s1. The Hall–Kier alpha value is 0.01000. The standard InChI is InChI=1S/C11H15ClOS2/c1-11(2,3)14-7-8(13)6-9-4-5-10(12)15-9/h4-5H,6-7H2,1-3H3. The highest BCUT2D eigenvalue weighted by Crippen LogP contribution is 2.25. The first kappa shape index (κ1) is 13.1. The third kappa shape index (κ3) is 5.59. The number of Topliss-reactive ketones (excluding diaryl/α,β-unsaturated/α-hetero) is 1. The molecular weight excluding hydrogens is 248 g/mol. The summed E-state index contributed by atoms with van der Waals surface area (Å²) in [7, 11) is 0. The average Bonchev–Trinajstić information content (AvgIpc) is 2.47. The van der Waals surface area contributed by atoms with Crippen LogP contribution >= 0.6 is 34.7 Å². The van der Waals surface area contributed by atoms with Gasteiger partial charge < -0.3 is 0 Å². The zero-order chi connectivity index (χ0) is 11.5. The highest BCUT2D eigenvalue weighted by molar-refractivity contribution is 8.01. The lowest BCUT2D eigenvalue weighted by Gasteiger charge is -2.16. The molecule has 0 aliphatic rings. The van der Waals surface area contributed by atoms with Crippen LogP contribution in [0.25, 0.3) is 0 Å². The smallest absolute Gasteiger partial charge is 0.147 e. The van der Waals surface area contributed by atoms with Crippen molar-refractivity contribution in [2.45, 2.75) is 31.9 Å². The molecule has 0 atom stereocenters. The minimum absolute atomic E-state index is 0.156. The fourth-order valence-corrected chi connectivity index (χ4v) is 2.80. The maximum atomic E-state index is 11.6. The molecule has 0 aliphatic carbocycles. The second-order valence-electron chi connectivity index (χ2n) is 4.32. The van der Waals surface area contributed by atoms with E-state index in [4.69, 9.17) is 11.6 Å². The molecule has 0 saturated heterocycles. The second kappa shape index (κ2) is 5.37. The van der Waals surface area contributed by atoms with Crippen molar-refractivity contribution in [3.63, 3.8) is 0 Å². The van der Waals surface area contributed by atoms with E-state index < -0.39 is 0 Å². The fourth-order valence-electron chi connectivity index (χ4n) is 0.989. The molecule has 0 saturated carbocycles. The van der Waals surface area contributed by atoms with Crippen molar-refractivity contribution in [1.82, 2.24) is 0 Å².